The van der Waals surface area contributed by atoms with Gasteiger partial charge in [0.15, 0.2) is 6.10 Å². The fourth-order valence-corrected chi connectivity index (χ4v) is 4.15. The summed E-state index contributed by atoms with van der Waals surface area (Å²) in [6.07, 6.45) is 11.4. The van der Waals surface area contributed by atoms with E-state index in [1.165, 1.54) is 0 Å². The average molecular weight is 505 g/mol. The first-order valence-electron chi connectivity index (χ1n) is 12.4. The van der Waals surface area contributed by atoms with E-state index in [9.17, 15) is 25.1 Å². The summed E-state index contributed by atoms with van der Waals surface area (Å²) in [5, 5.41) is 46.2. The van der Waals surface area contributed by atoms with Crippen molar-refractivity contribution in [1.82, 2.24) is 10.8 Å². The summed E-state index contributed by atoms with van der Waals surface area (Å²) in [6, 6.07) is 0. The molecule has 12 nitrogen and oxygen atoms in total. The second-order valence-corrected chi connectivity index (χ2v) is 8.86. The molecule has 1 saturated carbocycles. The number of hydrogen-bond donors (Lipinski definition) is 3. The fraction of sp³-hybridized carbons (Fsp3) is 0.826. The maximum Gasteiger partial charge on any atom is 0.306 e. The van der Waals surface area contributed by atoms with Crippen LogP contribution in [0.1, 0.15) is 84.0 Å². The van der Waals surface area contributed by atoms with E-state index < -0.39 is 42.2 Å². The monoisotopic (exact) mass is 504 g/mol. The van der Waals surface area contributed by atoms with Crippen LogP contribution in [0.15, 0.2) is 12.2 Å². The molecule has 0 unspecified atom stereocenters. The number of Topliss-reactive ketones (excluding diaryl/α,β-unsaturated/α-hetero) is 1. The molecule has 204 valence electrons. The number of esters is 1. The summed E-state index contributed by atoms with van der Waals surface area (Å²) in [4.78, 5) is 32.7. The van der Waals surface area contributed by atoms with Crippen molar-refractivity contribution in [1.29, 1.82) is 0 Å². The van der Waals surface area contributed by atoms with E-state index in [1.807, 2.05) is 12.2 Å². The SMILES string of the molecule is CCCCC[C@H](O)/C=C/[C@H]1CCC(=O)[C@@H]1CCCCCCC(=O)OC(CON([O-])O)CON([O-])O. The number of unbranched alkanes of at least 4 members (excludes halogenated alkanes) is 5. The average Bonchev–Trinajstić information content (AvgIpc) is 3.15. The topological polar surface area (TPSA) is 175 Å². The number of nitrogens with zero attached hydrogens (tertiary/aromatic N) is 2. The standard InChI is InChI=1S/C23H40N2O10/c1-2-3-6-9-19(26)14-12-18-13-15-22(27)21(18)10-7-4-5-8-11-23(28)35-20(16-33-24(29)30)17-34-25(31)32/h12,14,18-21,26,29,31H,2-11,13,15-17H2,1H3/q-2/b14-12+/t18-,19-,21+/m0/s1. The van der Waals surface area contributed by atoms with Gasteiger partial charge in [-0.15, -0.1) is 10.8 Å². The maximum atomic E-state index is 12.3. The Balaban J connectivity index is 2.28. The molecule has 0 saturated heterocycles. The molecule has 0 aromatic carbocycles. The molecule has 35 heavy (non-hydrogen) atoms. The molecule has 12 heteroatoms. The van der Waals surface area contributed by atoms with Gasteiger partial charge in [-0.25, -0.2) is 0 Å². The molecule has 0 aliphatic heterocycles. The van der Waals surface area contributed by atoms with Gasteiger partial charge in [-0.3, -0.25) is 19.3 Å². The number of ether oxygens (including phenoxy) is 1. The van der Waals surface area contributed by atoms with E-state index in [2.05, 4.69) is 16.6 Å². The number of carbonyl (C=O) groups is 2. The lowest BCUT2D eigenvalue weighted by Gasteiger charge is -2.25. The summed E-state index contributed by atoms with van der Waals surface area (Å²) in [5.41, 5.74) is 0. The summed E-state index contributed by atoms with van der Waals surface area (Å²) in [6.45, 7) is 0.985. The van der Waals surface area contributed by atoms with Crippen LogP contribution in [0.5, 0.6) is 0 Å². The van der Waals surface area contributed by atoms with Crippen LogP contribution in [0.2, 0.25) is 0 Å². The van der Waals surface area contributed by atoms with Crippen LogP contribution in [0.3, 0.4) is 0 Å². The Morgan fingerprint density at radius 3 is 2.37 bits per heavy atom. The molecule has 1 rings (SSSR count). The zero-order valence-corrected chi connectivity index (χ0v) is 20.5. The minimum atomic E-state index is -1.18. The van der Waals surface area contributed by atoms with Crippen LogP contribution < -0.4 is 0 Å². The molecule has 0 bridgehead atoms. The van der Waals surface area contributed by atoms with Crippen molar-refractivity contribution >= 4 is 11.8 Å². The Labute approximate surface area is 206 Å². The van der Waals surface area contributed by atoms with Gasteiger partial charge in [0.1, 0.15) is 19.0 Å². The Bertz CT molecular complexity index is 605. The Kier molecular flexibility index (Phi) is 16.9. The third-order valence-electron chi connectivity index (χ3n) is 6.02. The van der Waals surface area contributed by atoms with Crippen LogP contribution in [0.25, 0.3) is 0 Å². The first kappa shape index (κ1) is 31.5. The van der Waals surface area contributed by atoms with Crippen molar-refractivity contribution in [3.63, 3.8) is 0 Å². The predicted molar refractivity (Wildman–Crippen MR) is 124 cm³/mol. The van der Waals surface area contributed by atoms with E-state index in [4.69, 9.17) is 15.2 Å². The van der Waals surface area contributed by atoms with Crippen LogP contribution in [-0.4, -0.2) is 63.5 Å². The van der Waals surface area contributed by atoms with Gasteiger partial charge in [0.25, 0.3) is 0 Å². The van der Waals surface area contributed by atoms with Gasteiger partial charge >= 0.3 is 5.97 Å². The van der Waals surface area contributed by atoms with Crippen molar-refractivity contribution in [2.24, 2.45) is 11.8 Å². The highest BCUT2D eigenvalue weighted by molar-refractivity contribution is 5.83. The van der Waals surface area contributed by atoms with Gasteiger partial charge in [0.2, 0.25) is 0 Å². The fourth-order valence-electron chi connectivity index (χ4n) is 4.15. The minimum Gasteiger partial charge on any atom is -0.738 e. The molecule has 0 amide bonds. The second-order valence-electron chi connectivity index (χ2n) is 8.86. The molecule has 1 aliphatic carbocycles. The van der Waals surface area contributed by atoms with Gasteiger partial charge in [-0.2, -0.15) is 0 Å². The summed E-state index contributed by atoms with van der Waals surface area (Å²) in [7, 11) is 0. The lowest BCUT2D eigenvalue weighted by Crippen LogP contribution is -2.33. The van der Waals surface area contributed by atoms with Crippen molar-refractivity contribution in [2.75, 3.05) is 13.2 Å². The zero-order valence-electron chi connectivity index (χ0n) is 20.5. The number of aliphatic hydroxyl groups excluding tert-OH is 1. The molecule has 0 aromatic rings. The Morgan fingerprint density at radius 2 is 1.74 bits per heavy atom. The maximum absolute atomic E-state index is 12.3. The van der Waals surface area contributed by atoms with Gasteiger partial charge < -0.3 is 30.7 Å². The quantitative estimate of drug-likeness (QED) is 0.0952. The highest BCUT2D eigenvalue weighted by atomic mass is 17.1. The lowest BCUT2D eigenvalue weighted by molar-refractivity contribution is -0.334. The summed E-state index contributed by atoms with van der Waals surface area (Å²) < 4.78 is 5.03. The van der Waals surface area contributed by atoms with Crippen molar-refractivity contribution in [2.45, 2.75) is 96.2 Å². The first-order valence-corrected chi connectivity index (χ1v) is 12.4. The summed E-state index contributed by atoms with van der Waals surface area (Å²) in [5.74, 6) is -0.175. The number of allylic oxidation sites excluding steroid dienone is 1. The molecule has 0 heterocycles. The van der Waals surface area contributed by atoms with E-state index in [1.54, 1.807) is 0 Å². The van der Waals surface area contributed by atoms with Crippen molar-refractivity contribution in [3.05, 3.63) is 22.6 Å². The van der Waals surface area contributed by atoms with Crippen LogP contribution in [0, 0.1) is 22.3 Å². The Hall–Kier alpha value is -1.48. The van der Waals surface area contributed by atoms with Gasteiger partial charge in [0.05, 0.1) is 6.10 Å². The zero-order chi connectivity index (χ0) is 26.1. The van der Waals surface area contributed by atoms with E-state index in [0.717, 1.165) is 57.8 Å². The Morgan fingerprint density at radius 1 is 1.09 bits per heavy atom. The third kappa shape index (κ3) is 15.3. The lowest BCUT2D eigenvalue weighted by atomic mass is 9.89. The molecule has 0 radical (unpaired) electrons. The molecular weight excluding hydrogens is 464 g/mol. The van der Waals surface area contributed by atoms with Gasteiger partial charge in [0, 0.05) is 18.8 Å². The molecule has 1 aliphatic rings. The third-order valence-corrected chi connectivity index (χ3v) is 6.02. The van der Waals surface area contributed by atoms with Gasteiger partial charge in [-0.1, -0.05) is 57.6 Å². The predicted octanol–water partition coefficient (Wildman–Crippen LogP) is 3.57. The van der Waals surface area contributed by atoms with Crippen molar-refractivity contribution < 1.29 is 39.5 Å². The van der Waals surface area contributed by atoms with Crippen LogP contribution >= 0.6 is 0 Å². The highest BCUT2D eigenvalue weighted by Gasteiger charge is 2.32. The second kappa shape index (κ2) is 18.7. The molecule has 0 spiro atoms. The smallest absolute Gasteiger partial charge is 0.306 e. The molecule has 0 aromatic heterocycles. The molecule has 3 N–H and O–H groups in total. The summed E-state index contributed by atoms with van der Waals surface area (Å²) >= 11 is 0. The number of aliphatic hydroxyl groups is 1. The highest BCUT2D eigenvalue weighted by Crippen LogP contribution is 2.34. The number of carbonyl (C=O) groups excluding carboxylic acids is 2. The largest absolute Gasteiger partial charge is 0.738 e. The van der Waals surface area contributed by atoms with E-state index in [0.29, 0.717) is 12.8 Å². The molecular formula is C23H40N2O10-2. The number of hydrogen-bond acceptors (Lipinski definition) is 12. The van der Waals surface area contributed by atoms with E-state index >= 15 is 0 Å². The normalized spacial score (nSPS) is 19.5. The first-order chi connectivity index (χ1) is 16.7. The number of rotatable bonds is 20. The van der Waals surface area contributed by atoms with E-state index in [-0.39, 0.29) is 24.0 Å². The molecule has 3 atom stereocenters. The van der Waals surface area contributed by atoms with Crippen LogP contribution in [0.4, 0.5) is 0 Å². The van der Waals surface area contributed by atoms with Crippen LogP contribution in [-0.2, 0) is 24.0 Å². The minimum absolute atomic E-state index is 0.0148. The molecule has 1 fully saturated rings. The number of ketones is 1. The van der Waals surface area contributed by atoms with Gasteiger partial charge in [-0.05, 0) is 31.6 Å². The van der Waals surface area contributed by atoms with Crippen molar-refractivity contribution in [3.8, 4) is 0 Å².